The van der Waals surface area contributed by atoms with Gasteiger partial charge in [0.25, 0.3) is 0 Å². The monoisotopic (exact) mass is 247 g/mol. The summed E-state index contributed by atoms with van der Waals surface area (Å²) in [6.07, 6.45) is 0. The van der Waals surface area contributed by atoms with Crippen molar-refractivity contribution in [3.63, 3.8) is 0 Å². The highest BCUT2D eigenvalue weighted by atomic mass is 35.5. The second-order valence-corrected chi connectivity index (χ2v) is 4.13. The SMILES string of the molecule is COc1c(Cl)cccc1-c1ccc(CN)cc1. The number of halogens is 1. The summed E-state index contributed by atoms with van der Waals surface area (Å²) in [5.74, 6) is 0.703. The molecule has 0 amide bonds. The summed E-state index contributed by atoms with van der Waals surface area (Å²) in [7, 11) is 1.62. The minimum Gasteiger partial charge on any atom is -0.495 e. The highest BCUT2D eigenvalue weighted by Gasteiger charge is 2.08. The molecule has 2 N–H and O–H groups in total. The van der Waals surface area contributed by atoms with Gasteiger partial charge in [-0.2, -0.15) is 0 Å². The van der Waals surface area contributed by atoms with Gasteiger partial charge in [-0.15, -0.1) is 0 Å². The van der Waals surface area contributed by atoms with Crippen molar-refractivity contribution < 1.29 is 4.74 Å². The normalized spacial score (nSPS) is 10.3. The quantitative estimate of drug-likeness (QED) is 0.901. The molecule has 0 aliphatic rings. The third-order valence-electron chi connectivity index (χ3n) is 2.67. The number of para-hydroxylation sites is 1. The van der Waals surface area contributed by atoms with E-state index in [1.165, 1.54) is 0 Å². The highest BCUT2D eigenvalue weighted by molar-refractivity contribution is 6.32. The highest BCUT2D eigenvalue weighted by Crippen LogP contribution is 2.35. The summed E-state index contributed by atoms with van der Waals surface area (Å²) < 4.78 is 5.33. The first-order valence-corrected chi connectivity index (χ1v) is 5.76. The third kappa shape index (κ3) is 2.43. The zero-order valence-electron chi connectivity index (χ0n) is 9.61. The molecular weight excluding hydrogens is 234 g/mol. The predicted octanol–water partition coefficient (Wildman–Crippen LogP) is 3.47. The molecule has 88 valence electrons. The molecule has 3 heteroatoms. The minimum absolute atomic E-state index is 0.549. The maximum atomic E-state index is 6.09. The van der Waals surface area contributed by atoms with Crippen LogP contribution in [-0.4, -0.2) is 7.11 Å². The van der Waals surface area contributed by atoms with Crippen LogP contribution in [-0.2, 0) is 6.54 Å². The van der Waals surface area contributed by atoms with Gasteiger partial charge in [-0.05, 0) is 17.2 Å². The molecule has 0 saturated heterocycles. The van der Waals surface area contributed by atoms with E-state index in [4.69, 9.17) is 22.1 Å². The Balaban J connectivity index is 2.48. The third-order valence-corrected chi connectivity index (χ3v) is 2.97. The van der Waals surface area contributed by atoms with Crippen LogP contribution in [0.2, 0.25) is 5.02 Å². The molecule has 0 aliphatic carbocycles. The molecule has 0 atom stereocenters. The lowest BCUT2D eigenvalue weighted by Crippen LogP contribution is -1.95. The standard InChI is InChI=1S/C14H14ClNO/c1-17-14-12(3-2-4-13(14)15)11-7-5-10(9-16)6-8-11/h2-8H,9,16H2,1H3. The first-order chi connectivity index (χ1) is 8.26. The smallest absolute Gasteiger partial charge is 0.145 e. The van der Waals surface area contributed by atoms with E-state index in [-0.39, 0.29) is 0 Å². The molecule has 0 fully saturated rings. The summed E-state index contributed by atoms with van der Waals surface area (Å²) in [5.41, 5.74) is 8.74. The van der Waals surface area contributed by atoms with Crippen molar-refractivity contribution in [3.05, 3.63) is 53.1 Å². The van der Waals surface area contributed by atoms with Crippen molar-refractivity contribution in [1.82, 2.24) is 0 Å². The molecule has 0 unspecified atom stereocenters. The molecule has 0 spiro atoms. The van der Waals surface area contributed by atoms with E-state index in [0.717, 1.165) is 16.7 Å². The van der Waals surface area contributed by atoms with Gasteiger partial charge in [-0.1, -0.05) is 48.0 Å². The van der Waals surface area contributed by atoms with E-state index < -0.39 is 0 Å². The van der Waals surface area contributed by atoms with Gasteiger partial charge < -0.3 is 10.5 Å². The largest absolute Gasteiger partial charge is 0.495 e. The molecule has 2 aromatic rings. The lowest BCUT2D eigenvalue weighted by molar-refractivity contribution is 0.416. The lowest BCUT2D eigenvalue weighted by atomic mass is 10.0. The number of methoxy groups -OCH3 is 1. The Morgan fingerprint density at radius 2 is 1.82 bits per heavy atom. The van der Waals surface area contributed by atoms with Crippen LogP contribution in [0.25, 0.3) is 11.1 Å². The fraction of sp³-hybridized carbons (Fsp3) is 0.143. The van der Waals surface area contributed by atoms with Crippen LogP contribution in [0.1, 0.15) is 5.56 Å². The van der Waals surface area contributed by atoms with E-state index in [1.807, 2.05) is 42.5 Å². The maximum absolute atomic E-state index is 6.09. The number of rotatable bonds is 3. The summed E-state index contributed by atoms with van der Waals surface area (Å²) in [4.78, 5) is 0. The zero-order valence-corrected chi connectivity index (χ0v) is 10.4. The Labute approximate surface area is 106 Å². The van der Waals surface area contributed by atoms with E-state index in [0.29, 0.717) is 17.3 Å². The van der Waals surface area contributed by atoms with Gasteiger partial charge in [-0.25, -0.2) is 0 Å². The van der Waals surface area contributed by atoms with E-state index in [2.05, 4.69) is 0 Å². The second kappa shape index (κ2) is 5.21. The average molecular weight is 248 g/mol. The summed E-state index contributed by atoms with van der Waals surface area (Å²) in [6, 6.07) is 13.8. The Kier molecular flexibility index (Phi) is 3.67. The molecule has 0 bridgehead atoms. The van der Waals surface area contributed by atoms with E-state index in [1.54, 1.807) is 7.11 Å². The van der Waals surface area contributed by atoms with Gasteiger partial charge in [0, 0.05) is 12.1 Å². The Bertz CT molecular complexity index is 508. The van der Waals surface area contributed by atoms with Crippen molar-refractivity contribution in [2.24, 2.45) is 5.73 Å². The number of nitrogens with two attached hydrogens (primary N) is 1. The lowest BCUT2D eigenvalue weighted by Gasteiger charge is -2.10. The van der Waals surface area contributed by atoms with Gasteiger partial charge in [0.1, 0.15) is 5.75 Å². The Hall–Kier alpha value is -1.51. The van der Waals surface area contributed by atoms with Gasteiger partial charge >= 0.3 is 0 Å². The van der Waals surface area contributed by atoms with Gasteiger partial charge in [-0.3, -0.25) is 0 Å². The van der Waals surface area contributed by atoms with Crippen molar-refractivity contribution in [1.29, 1.82) is 0 Å². The summed E-state index contributed by atoms with van der Waals surface area (Å²) >= 11 is 6.09. The van der Waals surface area contributed by atoms with E-state index in [9.17, 15) is 0 Å². The fourth-order valence-corrected chi connectivity index (χ4v) is 2.02. The van der Waals surface area contributed by atoms with Crippen LogP contribution in [0.15, 0.2) is 42.5 Å². The van der Waals surface area contributed by atoms with Crippen LogP contribution in [0.4, 0.5) is 0 Å². The molecule has 2 aromatic carbocycles. The average Bonchev–Trinajstić information content (AvgIpc) is 2.38. The van der Waals surface area contributed by atoms with Crippen LogP contribution in [0, 0.1) is 0 Å². The molecule has 17 heavy (non-hydrogen) atoms. The molecule has 0 aromatic heterocycles. The molecular formula is C14H14ClNO. The van der Waals surface area contributed by atoms with Crippen LogP contribution in [0.3, 0.4) is 0 Å². The number of ether oxygens (including phenoxy) is 1. The van der Waals surface area contributed by atoms with Crippen LogP contribution < -0.4 is 10.5 Å². The Morgan fingerprint density at radius 3 is 2.41 bits per heavy atom. The van der Waals surface area contributed by atoms with Crippen molar-refractivity contribution in [3.8, 4) is 16.9 Å². The summed E-state index contributed by atoms with van der Waals surface area (Å²) in [5, 5.41) is 0.618. The molecule has 2 nitrogen and oxygen atoms in total. The number of hydrogen-bond donors (Lipinski definition) is 1. The number of hydrogen-bond acceptors (Lipinski definition) is 2. The van der Waals surface area contributed by atoms with E-state index >= 15 is 0 Å². The summed E-state index contributed by atoms with van der Waals surface area (Å²) in [6.45, 7) is 0.549. The molecule has 0 aliphatic heterocycles. The second-order valence-electron chi connectivity index (χ2n) is 3.72. The fourth-order valence-electron chi connectivity index (χ4n) is 1.76. The van der Waals surface area contributed by atoms with Gasteiger partial charge in [0.05, 0.1) is 12.1 Å². The van der Waals surface area contributed by atoms with Crippen molar-refractivity contribution in [2.75, 3.05) is 7.11 Å². The topological polar surface area (TPSA) is 35.2 Å². The minimum atomic E-state index is 0.549. The van der Waals surface area contributed by atoms with Crippen LogP contribution in [0.5, 0.6) is 5.75 Å². The van der Waals surface area contributed by atoms with Crippen molar-refractivity contribution in [2.45, 2.75) is 6.54 Å². The van der Waals surface area contributed by atoms with Gasteiger partial charge in [0.15, 0.2) is 0 Å². The van der Waals surface area contributed by atoms with Crippen molar-refractivity contribution >= 4 is 11.6 Å². The predicted molar refractivity (Wildman–Crippen MR) is 71.3 cm³/mol. The zero-order chi connectivity index (χ0) is 12.3. The first kappa shape index (κ1) is 12.0. The molecule has 2 rings (SSSR count). The molecule has 0 heterocycles. The molecule has 0 radical (unpaired) electrons. The molecule has 0 saturated carbocycles. The number of benzene rings is 2. The van der Waals surface area contributed by atoms with Crippen LogP contribution >= 0.6 is 11.6 Å². The van der Waals surface area contributed by atoms with Gasteiger partial charge in [0.2, 0.25) is 0 Å². The Morgan fingerprint density at radius 1 is 1.12 bits per heavy atom. The maximum Gasteiger partial charge on any atom is 0.145 e. The first-order valence-electron chi connectivity index (χ1n) is 5.38.